The lowest BCUT2D eigenvalue weighted by Crippen LogP contribution is -2.28. The monoisotopic (exact) mass is 342 g/mol. The first-order chi connectivity index (χ1) is 11.2. The van der Waals surface area contributed by atoms with Crippen LogP contribution in [-0.2, 0) is 10.2 Å². The Bertz CT molecular complexity index is 763. The Kier molecular flexibility index (Phi) is 5.20. The number of carbonyl (C=O) groups excluding carboxylic acids is 1. The van der Waals surface area contributed by atoms with Crippen LogP contribution in [0.25, 0.3) is 0 Å². The number of hydrogen-bond donors (Lipinski definition) is 0. The van der Waals surface area contributed by atoms with E-state index >= 15 is 0 Å². The van der Waals surface area contributed by atoms with Gasteiger partial charge < -0.3 is 0 Å². The Morgan fingerprint density at radius 1 is 1.33 bits per heavy atom. The van der Waals surface area contributed by atoms with Crippen molar-refractivity contribution in [2.45, 2.75) is 52.4 Å². The first-order valence-electron chi connectivity index (χ1n) is 8.19. The maximum atomic E-state index is 12.9. The molecular weight excluding hydrogens is 320 g/mol. The van der Waals surface area contributed by atoms with Gasteiger partial charge >= 0.3 is 0 Å². The summed E-state index contributed by atoms with van der Waals surface area (Å²) in [6.45, 7) is 12.4. The molecule has 1 aromatic carbocycles. The third-order valence-electron chi connectivity index (χ3n) is 4.24. The zero-order valence-corrected chi connectivity index (χ0v) is 15.5. The fourth-order valence-corrected chi connectivity index (χ4v) is 3.13. The van der Waals surface area contributed by atoms with Gasteiger partial charge in [-0.25, -0.2) is 0 Å². The molecule has 0 bridgehead atoms. The second kappa shape index (κ2) is 6.83. The number of hydrogen-bond acceptors (Lipinski definition) is 2. The molecule has 0 spiro atoms. The van der Waals surface area contributed by atoms with Gasteiger partial charge in [-0.3, -0.25) is 9.69 Å². The number of allylic oxidation sites excluding steroid dienone is 1. The van der Waals surface area contributed by atoms with Crippen molar-refractivity contribution in [3.05, 3.63) is 52.2 Å². The van der Waals surface area contributed by atoms with E-state index in [0.29, 0.717) is 22.8 Å². The Morgan fingerprint density at radius 3 is 2.54 bits per heavy atom. The number of carbonyl (C=O) groups is 1. The Labute approximate surface area is 149 Å². The Morgan fingerprint density at radius 2 is 2.00 bits per heavy atom. The molecule has 0 unspecified atom stereocenters. The van der Waals surface area contributed by atoms with Crippen LogP contribution in [0.2, 0.25) is 5.02 Å². The minimum absolute atomic E-state index is 0.167. The standard InChI is InChI=1S/C20H23ClN2O/c1-6-7-8-15-13(2)23(19(24)16(15)12-22)18-11-14(21)9-10-17(18)20(3,4)5/h9-11H,2,6-8H2,1,3-5H3. The summed E-state index contributed by atoms with van der Waals surface area (Å²) in [5.41, 5.74) is 3.09. The number of amides is 1. The fourth-order valence-electron chi connectivity index (χ4n) is 2.96. The van der Waals surface area contributed by atoms with Gasteiger partial charge in [0.25, 0.3) is 5.91 Å². The van der Waals surface area contributed by atoms with Crippen LogP contribution in [0.15, 0.2) is 41.6 Å². The van der Waals surface area contributed by atoms with Crippen molar-refractivity contribution in [3.63, 3.8) is 0 Å². The van der Waals surface area contributed by atoms with Gasteiger partial charge in [0.05, 0.1) is 5.69 Å². The van der Waals surface area contributed by atoms with Gasteiger partial charge in [-0.1, -0.05) is 58.4 Å². The van der Waals surface area contributed by atoms with Crippen LogP contribution in [0.5, 0.6) is 0 Å². The van der Waals surface area contributed by atoms with Crippen LogP contribution in [0.1, 0.15) is 52.5 Å². The smallest absolute Gasteiger partial charge is 0.273 e. The summed E-state index contributed by atoms with van der Waals surface area (Å²) in [6, 6.07) is 7.61. The quantitative estimate of drug-likeness (QED) is 0.724. The van der Waals surface area contributed by atoms with Crippen molar-refractivity contribution in [1.82, 2.24) is 0 Å². The van der Waals surface area contributed by atoms with Gasteiger partial charge in [0.2, 0.25) is 0 Å². The average molecular weight is 343 g/mol. The van der Waals surface area contributed by atoms with E-state index in [-0.39, 0.29) is 16.9 Å². The highest BCUT2D eigenvalue weighted by molar-refractivity contribution is 6.31. The largest absolute Gasteiger partial charge is 0.276 e. The molecule has 126 valence electrons. The third-order valence-corrected chi connectivity index (χ3v) is 4.47. The minimum Gasteiger partial charge on any atom is -0.276 e. The van der Waals surface area contributed by atoms with E-state index in [0.717, 1.165) is 24.0 Å². The number of unbranched alkanes of at least 4 members (excludes halogenated alkanes) is 1. The summed E-state index contributed by atoms with van der Waals surface area (Å²) in [6.07, 6.45) is 2.60. The number of nitriles is 1. The maximum Gasteiger partial charge on any atom is 0.273 e. The molecule has 0 radical (unpaired) electrons. The minimum atomic E-state index is -0.304. The molecule has 2 rings (SSSR count). The zero-order valence-electron chi connectivity index (χ0n) is 14.7. The molecule has 1 amide bonds. The molecule has 1 aliphatic rings. The van der Waals surface area contributed by atoms with Gasteiger partial charge in [-0.2, -0.15) is 5.26 Å². The van der Waals surface area contributed by atoms with E-state index in [2.05, 4.69) is 40.3 Å². The Balaban J connectivity index is 2.57. The normalized spacial score (nSPS) is 15.2. The van der Waals surface area contributed by atoms with Crippen molar-refractivity contribution in [2.75, 3.05) is 4.90 Å². The summed E-state index contributed by atoms with van der Waals surface area (Å²) < 4.78 is 0. The molecule has 3 nitrogen and oxygen atoms in total. The number of nitrogens with zero attached hydrogens (tertiary/aromatic N) is 2. The summed E-state index contributed by atoms with van der Waals surface area (Å²) >= 11 is 6.18. The molecule has 0 aliphatic carbocycles. The van der Waals surface area contributed by atoms with E-state index in [1.165, 1.54) is 0 Å². The summed E-state index contributed by atoms with van der Waals surface area (Å²) in [7, 11) is 0. The first-order valence-corrected chi connectivity index (χ1v) is 8.57. The lowest BCUT2D eigenvalue weighted by molar-refractivity contribution is -0.113. The molecule has 0 atom stereocenters. The molecule has 0 saturated carbocycles. The third kappa shape index (κ3) is 3.25. The van der Waals surface area contributed by atoms with Gasteiger partial charge in [-0.05, 0) is 41.5 Å². The summed E-state index contributed by atoms with van der Waals surface area (Å²) in [4.78, 5) is 14.4. The highest BCUT2D eigenvalue weighted by atomic mass is 35.5. The molecule has 0 saturated heterocycles. The molecule has 0 N–H and O–H groups in total. The van der Waals surface area contributed by atoms with Crippen molar-refractivity contribution < 1.29 is 4.79 Å². The topological polar surface area (TPSA) is 44.1 Å². The van der Waals surface area contributed by atoms with Crippen molar-refractivity contribution in [2.24, 2.45) is 0 Å². The number of halogens is 1. The van der Waals surface area contributed by atoms with Crippen molar-refractivity contribution in [1.29, 1.82) is 5.26 Å². The molecule has 1 aliphatic heterocycles. The molecule has 1 aromatic rings. The van der Waals surface area contributed by atoms with Crippen LogP contribution in [-0.4, -0.2) is 5.91 Å². The van der Waals surface area contributed by atoms with Gasteiger partial charge in [-0.15, -0.1) is 0 Å². The second-order valence-electron chi connectivity index (χ2n) is 7.07. The number of benzene rings is 1. The van der Waals surface area contributed by atoms with E-state index in [9.17, 15) is 10.1 Å². The fraction of sp³-hybridized carbons (Fsp3) is 0.400. The molecule has 1 heterocycles. The number of rotatable bonds is 4. The SMILES string of the molecule is C=C1C(CCCC)=C(C#N)C(=O)N1c1cc(Cl)ccc1C(C)(C)C. The van der Waals surface area contributed by atoms with E-state index in [1.807, 2.05) is 12.1 Å². The summed E-state index contributed by atoms with van der Waals surface area (Å²) in [5.74, 6) is -0.304. The van der Waals surface area contributed by atoms with Crippen molar-refractivity contribution in [3.8, 4) is 6.07 Å². The lowest BCUT2D eigenvalue weighted by Gasteiger charge is -2.28. The Hall–Kier alpha value is -2.05. The van der Waals surface area contributed by atoms with Crippen LogP contribution < -0.4 is 4.90 Å². The van der Waals surface area contributed by atoms with Crippen LogP contribution in [0.4, 0.5) is 5.69 Å². The predicted octanol–water partition coefficient (Wildman–Crippen LogP) is 5.51. The number of anilines is 1. The van der Waals surface area contributed by atoms with E-state index in [4.69, 9.17) is 11.6 Å². The molecule has 0 fully saturated rings. The van der Waals surface area contributed by atoms with E-state index < -0.39 is 0 Å². The average Bonchev–Trinajstić information content (AvgIpc) is 2.73. The highest BCUT2D eigenvalue weighted by Gasteiger charge is 2.37. The van der Waals surface area contributed by atoms with Gasteiger partial charge in [0.15, 0.2) is 0 Å². The summed E-state index contributed by atoms with van der Waals surface area (Å²) in [5, 5.41) is 10.0. The second-order valence-corrected chi connectivity index (χ2v) is 7.50. The van der Waals surface area contributed by atoms with Crippen LogP contribution in [0, 0.1) is 11.3 Å². The zero-order chi connectivity index (χ0) is 18.1. The molecule has 4 heteroatoms. The van der Waals surface area contributed by atoms with Crippen LogP contribution >= 0.6 is 11.6 Å². The maximum absolute atomic E-state index is 12.9. The first kappa shape index (κ1) is 18.3. The van der Waals surface area contributed by atoms with E-state index in [1.54, 1.807) is 11.0 Å². The molecule has 24 heavy (non-hydrogen) atoms. The van der Waals surface area contributed by atoms with Crippen molar-refractivity contribution >= 4 is 23.2 Å². The highest BCUT2D eigenvalue weighted by Crippen LogP contribution is 2.41. The predicted molar refractivity (Wildman–Crippen MR) is 98.9 cm³/mol. The van der Waals surface area contributed by atoms with Gasteiger partial charge in [0, 0.05) is 10.7 Å². The molecular formula is C20H23ClN2O. The lowest BCUT2D eigenvalue weighted by atomic mass is 9.85. The van der Waals surface area contributed by atoms with Gasteiger partial charge in [0.1, 0.15) is 11.6 Å². The van der Waals surface area contributed by atoms with Crippen LogP contribution in [0.3, 0.4) is 0 Å². The molecule has 0 aromatic heterocycles.